The van der Waals surface area contributed by atoms with E-state index in [4.69, 9.17) is 4.42 Å². The zero-order valence-electron chi connectivity index (χ0n) is 11.9. The summed E-state index contributed by atoms with van der Waals surface area (Å²) in [5.41, 5.74) is 0.984. The van der Waals surface area contributed by atoms with Crippen molar-refractivity contribution in [3.05, 3.63) is 23.2 Å². The Kier molecular flexibility index (Phi) is 4.75. The Labute approximate surface area is 117 Å². The summed E-state index contributed by atoms with van der Waals surface area (Å²) in [6.45, 7) is 3.84. The van der Waals surface area contributed by atoms with Gasteiger partial charge in [-0.05, 0) is 39.4 Å². The van der Waals surface area contributed by atoms with Gasteiger partial charge in [0.15, 0.2) is 0 Å². The van der Waals surface area contributed by atoms with Crippen LogP contribution in [0.15, 0.2) is 10.5 Å². The standard InChI is InChI=1S/C14H21F3N2O/c1-10-11(6-13(20-10)7-18-2)8-19-5-3-4-12(9-19)14(15,16)17/h6,12,18H,3-5,7-9H2,1-2H3. The molecule has 0 bridgehead atoms. The maximum absolute atomic E-state index is 12.8. The maximum atomic E-state index is 12.8. The number of hydrogen-bond acceptors (Lipinski definition) is 3. The number of furan rings is 1. The van der Waals surface area contributed by atoms with Gasteiger partial charge in [0, 0.05) is 18.7 Å². The number of hydrogen-bond donors (Lipinski definition) is 1. The van der Waals surface area contributed by atoms with Crippen LogP contribution in [0.25, 0.3) is 0 Å². The maximum Gasteiger partial charge on any atom is 0.393 e. The fourth-order valence-corrected chi connectivity index (χ4v) is 2.71. The fourth-order valence-electron chi connectivity index (χ4n) is 2.71. The zero-order valence-corrected chi connectivity index (χ0v) is 11.9. The van der Waals surface area contributed by atoms with Crippen LogP contribution in [0.1, 0.15) is 29.9 Å². The van der Waals surface area contributed by atoms with Gasteiger partial charge in [-0.3, -0.25) is 4.90 Å². The molecule has 0 aliphatic carbocycles. The molecule has 0 radical (unpaired) electrons. The van der Waals surface area contributed by atoms with Crippen LogP contribution >= 0.6 is 0 Å². The average molecular weight is 290 g/mol. The molecular formula is C14H21F3N2O. The highest BCUT2D eigenvalue weighted by atomic mass is 19.4. The Morgan fingerprint density at radius 1 is 1.45 bits per heavy atom. The molecule has 6 heteroatoms. The summed E-state index contributed by atoms with van der Waals surface area (Å²) in [7, 11) is 1.83. The van der Waals surface area contributed by atoms with Crippen molar-refractivity contribution in [2.24, 2.45) is 5.92 Å². The van der Waals surface area contributed by atoms with Crippen molar-refractivity contribution in [1.29, 1.82) is 0 Å². The minimum atomic E-state index is -4.08. The lowest BCUT2D eigenvalue weighted by Crippen LogP contribution is -2.41. The average Bonchev–Trinajstić information content (AvgIpc) is 2.69. The summed E-state index contributed by atoms with van der Waals surface area (Å²) < 4.78 is 43.9. The summed E-state index contributed by atoms with van der Waals surface area (Å²) in [5, 5.41) is 3.00. The molecule has 1 aromatic rings. The number of alkyl halides is 3. The van der Waals surface area contributed by atoms with E-state index < -0.39 is 12.1 Å². The number of likely N-dealkylation sites (tertiary alicyclic amines) is 1. The van der Waals surface area contributed by atoms with Crippen molar-refractivity contribution in [3.63, 3.8) is 0 Å². The van der Waals surface area contributed by atoms with E-state index in [2.05, 4.69) is 5.32 Å². The van der Waals surface area contributed by atoms with Gasteiger partial charge in [-0.2, -0.15) is 13.2 Å². The minimum Gasteiger partial charge on any atom is -0.465 e. The molecule has 1 N–H and O–H groups in total. The molecule has 0 saturated carbocycles. The predicted octanol–water partition coefficient (Wildman–Crippen LogP) is 3.08. The fraction of sp³-hybridized carbons (Fsp3) is 0.714. The molecule has 1 aliphatic rings. The second kappa shape index (κ2) is 6.18. The highest BCUT2D eigenvalue weighted by Crippen LogP contribution is 2.33. The SMILES string of the molecule is CNCc1cc(CN2CCCC(C(F)(F)F)C2)c(C)o1. The summed E-state index contributed by atoms with van der Waals surface area (Å²) in [4.78, 5) is 1.88. The lowest BCUT2D eigenvalue weighted by atomic mass is 9.97. The lowest BCUT2D eigenvalue weighted by molar-refractivity contribution is -0.187. The van der Waals surface area contributed by atoms with Crippen LogP contribution in [-0.4, -0.2) is 31.2 Å². The first-order valence-electron chi connectivity index (χ1n) is 6.92. The molecule has 114 valence electrons. The molecule has 0 amide bonds. The van der Waals surface area contributed by atoms with E-state index in [0.29, 0.717) is 19.5 Å². The Morgan fingerprint density at radius 2 is 2.20 bits per heavy atom. The van der Waals surface area contributed by atoms with Crippen molar-refractivity contribution >= 4 is 0 Å². The van der Waals surface area contributed by atoms with Crippen molar-refractivity contribution in [1.82, 2.24) is 10.2 Å². The molecule has 1 saturated heterocycles. The molecule has 1 unspecified atom stereocenters. The van der Waals surface area contributed by atoms with E-state index >= 15 is 0 Å². The third-order valence-electron chi connectivity index (χ3n) is 3.78. The Morgan fingerprint density at radius 3 is 2.85 bits per heavy atom. The van der Waals surface area contributed by atoms with Gasteiger partial charge in [-0.1, -0.05) is 0 Å². The van der Waals surface area contributed by atoms with Gasteiger partial charge < -0.3 is 9.73 Å². The van der Waals surface area contributed by atoms with E-state index in [0.717, 1.165) is 23.6 Å². The van der Waals surface area contributed by atoms with E-state index in [1.54, 1.807) is 0 Å². The lowest BCUT2D eigenvalue weighted by Gasteiger charge is -2.33. The number of halogens is 3. The molecule has 0 aromatic carbocycles. The second-order valence-corrected chi connectivity index (χ2v) is 5.44. The second-order valence-electron chi connectivity index (χ2n) is 5.44. The summed E-state index contributed by atoms with van der Waals surface area (Å²) in [6, 6.07) is 1.93. The molecule has 20 heavy (non-hydrogen) atoms. The molecule has 1 fully saturated rings. The van der Waals surface area contributed by atoms with E-state index in [1.165, 1.54) is 0 Å². The van der Waals surface area contributed by atoms with Crippen molar-refractivity contribution in [3.8, 4) is 0 Å². The topological polar surface area (TPSA) is 28.4 Å². The van der Waals surface area contributed by atoms with Crippen LogP contribution in [0.2, 0.25) is 0 Å². The molecule has 1 atom stereocenters. The van der Waals surface area contributed by atoms with E-state index in [1.807, 2.05) is 24.9 Å². The molecule has 1 aromatic heterocycles. The van der Waals surface area contributed by atoms with Crippen molar-refractivity contribution < 1.29 is 17.6 Å². The molecule has 2 heterocycles. The number of rotatable bonds is 4. The van der Waals surface area contributed by atoms with Crippen LogP contribution in [0, 0.1) is 12.8 Å². The van der Waals surface area contributed by atoms with Crippen molar-refractivity contribution in [2.75, 3.05) is 20.1 Å². The van der Waals surface area contributed by atoms with Gasteiger partial charge in [0.1, 0.15) is 11.5 Å². The number of nitrogens with zero attached hydrogens (tertiary/aromatic N) is 1. The Hall–Kier alpha value is -1.01. The van der Waals surface area contributed by atoms with Crippen LogP contribution in [-0.2, 0) is 13.1 Å². The number of piperidine rings is 1. The van der Waals surface area contributed by atoms with Crippen LogP contribution < -0.4 is 5.32 Å². The van der Waals surface area contributed by atoms with Gasteiger partial charge in [0.2, 0.25) is 0 Å². The first-order chi connectivity index (χ1) is 9.40. The molecule has 0 spiro atoms. The van der Waals surface area contributed by atoms with E-state index in [9.17, 15) is 13.2 Å². The quantitative estimate of drug-likeness (QED) is 0.923. The van der Waals surface area contributed by atoms with Crippen molar-refractivity contribution in [2.45, 2.75) is 39.0 Å². The highest BCUT2D eigenvalue weighted by molar-refractivity contribution is 5.20. The summed E-state index contributed by atoms with van der Waals surface area (Å²) in [6.07, 6.45) is -3.23. The predicted molar refractivity (Wildman–Crippen MR) is 70.3 cm³/mol. The molecule has 1 aliphatic heterocycles. The summed E-state index contributed by atoms with van der Waals surface area (Å²) in [5.74, 6) is 0.425. The molecule has 3 nitrogen and oxygen atoms in total. The largest absolute Gasteiger partial charge is 0.465 e. The van der Waals surface area contributed by atoms with Gasteiger partial charge in [-0.15, -0.1) is 0 Å². The first kappa shape index (κ1) is 15.4. The van der Waals surface area contributed by atoms with Crippen LogP contribution in [0.3, 0.4) is 0 Å². The third kappa shape index (κ3) is 3.76. The van der Waals surface area contributed by atoms with Gasteiger partial charge in [-0.25, -0.2) is 0 Å². The Bertz CT molecular complexity index is 442. The first-order valence-corrected chi connectivity index (χ1v) is 6.92. The monoisotopic (exact) mass is 290 g/mol. The third-order valence-corrected chi connectivity index (χ3v) is 3.78. The number of aryl methyl sites for hydroxylation is 1. The van der Waals surface area contributed by atoms with Crippen LogP contribution in [0.4, 0.5) is 13.2 Å². The smallest absolute Gasteiger partial charge is 0.393 e. The highest BCUT2D eigenvalue weighted by Gasteiger charge is 2.41. The van der Waals surface area contributed by atoms with E-state index in [-0.39, 0.29) is 13.0 Å². The number of nitrogens with one attached hydrogen (secondary N) is 1. The minimum absolute atomic E-state index is 0.0927. The van der Waals surface area contributed by atoms with Gasteiger partial charge in [0.05, 0.1) is 12.5 Å². The van der Waals surface area contributed by atoms with Crippen LogP contribution in [0.5, 0.6) is 0 Å². The van der Waals surface area contributed by atoms with Gasteiger partial charge in [0.25, 0.3) is 0 Å². The molecule has 2 rings (SSSR count). The normalized spacial score (nSPS) is 21.4. The molecular weight excluding hydrogens is 269 g/mol. The Balaban J connectivity index is 1.99. The summed E-state index contributed by atoms with van der Waals surface area (Å²) >= 11 is 0. The zero-order chi connectivity index (χ0) is 14.8. The van der Waals surface area contributed by atoms with Gasteiger partial charge >= 0.3 is 6.18 Å².